The maximum atomic E-state index is 5.35. The summed E-state index contributed by atoms with van der Waals surface area (Å²) in [6.45, 7) is 4.78. The Morgan fingerprint density at radius 1 is 1.50 bits per heavy atom. The Morgan fingerprint density at radius 2 is 2.31 bits per heavy atom. The molecule has 0 aliphatic carbocycles. The highest BCUT2D eigenvalue weighted by molar-refractivity contribution is 7.98. The number of ether oxygens (including phenoxy) is 1. The van der Waals surface area contributed by atoms with Crippen molar-refractivity contribution in [3.05, 3.63) is 18.2 Å². The van der Waals surface area contributed by atoms with Crippen LogP contribution in [0.5, 0.6) is 5.88 Å². The van der Waals surface area contributed by atoms with E-state index in [2.05, 4.69) is 23.5 Å². The van der Waals surface area contributed by atoms with Crippen molar-refractivity contribution in [3.8, 4) is 5.88 Å². The lowest BCUT2D eigenvalue weighted by atomic mass is 10.2. The van der Waals surface area contributed by atoms with Crippen LogP contribution in [0, 0.1) is 0 Å². The molecular weight excluding hydrogens is 220 g/mol. The monoisotopic (exact) mass is 240 g/mol. The van der Waals surface area contributed by atoms with Crippen LogP contribution in [0.4, 0.5) is 5.82 Å². The molecule has 90 valence electrons. The van der Waals surface area contributed by atoms with E-state index >= 15 is 0 Å². The molecule has 1 aromatic rings. The molecule has 0 aliphatic rings. The number of thioether (sulfide) groups is 1. The molecule has 1 N–H and O–H groups in total. The first-order valence-corrected chi connectivity index (χ1v) is 7.01. The van der Waals surface area contributed by atoms with Gasteiger partial charge >= 0.3 is 0 Å². The van der Waals surface area contributed by atoms with Crippen molar-refractivity contribution in [2.45, 2.75) is 26.3 Å². The zero-order chi connectivity index (χ0) is 11.8. The second-order valence-corrected chi connectivity index (χ2v) is 4.61. The molecule has 0 aromatic carbocycles. The van der Waals surface area contributed by atoms with Crippen molar-refractivity contribution >= 4 is 17.6 Å². The molecule has 0 bridgehead atoms. The number of hydrogen-bond donors (Lipinski definition) is 1. The van der Waals surface area contributed by atoms with Gasteiger partial charge in [-0.2, -0.15) is 16.7 Å². The molecule has 1 rings (SSSR count). The minimum absolute atomic E-state index is 0.442. The van der Waals surface area contributed by atoms with Gasteiger partial charge in [0.1, 0.15) is 5.82 Å². The summed E-state index contributed by atoms with van der Waals surface area (Å²) in [5.74, 6) is 2.74. The largest absolute Gasteiger partial charge is 0.478 e. The predicted octanol–water partition coefficient (Wildman–Crippen LogP) is 3.03. The third-order valence-corrected chi connectivity index (χ3v) is 2.81. The first kappa shape index (κ1) is 13.2. The van der Waals surface area contributed by atoms with Crippen molar-refractivity contribution in [2.75, 3.05) is 23.9 Å². The number of pyridine rings is 1. The van der Waals surface area contributed by atoms with Gasteiger partial charge in [-0.05, 0) is 38.3 Å². The van der Waals surface area contributed by atoms with E-state index in [4.69, 9.17) is 4.74 Å². The van der Waals surface area contributed by atoms with Gasteiger partial charge < -0.3 is 10.1 Å². The molecule has 3 nitrogen and oxygen atoms in total. The third kappa shape index (κ3) is 4.75. The van der Waals surface area contributed by atoms with E-state index in [1.165, 1.54) is 5.75 Å². The fraction of sp³-hybridized carbons (Fsp3) is 0.583. The van der Waals surface area contributed by atoms with E-state index in [1.54, 1.807) is 0 Å². The van der Waals surface area contributed by atoms with Crippen molar-refractivity contribution < 1.29 is 4.74 Å². The molecule has 4 heteroatoms. The first-order valence-electron chi connectivity index (χ1n) is 5.61. The van der Waals surface area contributed by atoms with Gasteiger partial charge in [0.2, 0.25) is 5.88 Å². The zero-order valence-electron chi connectivity index (χ0n) is 10.2. The van der Waals surface area contributed by atoms with Crippen LogP contribution in [-0.2, 0) is 0 Å². The highest BCUT2D eigenvalue weighted by Crippen LogP contribution is 2.13. The molecule has 0 saturated carbocycles. The smallest absolute Gasteiger partial charge is 0.215 e. The number of anilines is 1. The molecule has 16 heavy (non-hydrogen) atoms. The lowest BCUT2D eigenvalue weighted by Crippen LogP contribution is -2.16. The van der Waals surface area contributed by atoms with Crippen molar-refractivity contribution in [2.24, 2.45) is 0 Å². The van der Waals surface area contributed by atoms with E-state index in [0.717, 1.165) is 12.2 Å². The van der Waals surface area contributed by atoms with Crippen LogP contribution in [0.15, 0.2) is 18.2 Å². The van der Waals surface area contributed by atoms with E-state index < -0.39 is 0 Å². The SMILES string of the molecule is CCOc1cccc(NC(C)CCSC)n1. The lowest BCUT2D eigenvalue weighted by Gasteiger charge is -2.14. The number of nitrogens with zero attached hydrogens (tertiary/aromatic N) is 1. The highest BCUT2D eigenvalue weighted by atomic mass is 32.2. The van der Waals surface area contributed by atoms with E-state index in [1.807, 2.05) is 36.9 Å². The molecule has 1 atom stereocenters. The van der Waals surface area contributed by atoms with Gasteiger partial charge in [0.05, 0.1) is 6.61 Å². The minimum atomic E-state index is 0.442. The number of nitrogens with one attached hydrogen (secondary N) is 1. The Morgan fingerprint density at radius 3 is 3.00 bits per heavy atom. The summed E-state index contributed by atoms with van der Waals surface area (Å²) in [7, 11) is 0. The molecule has 0 fully saturated rings. The average molecular weight is 240 g/mol. The number of rotatable bonds is 7. The molecule has 0 aliphatic heterocycles. The maximum Gasteiger partial charge on any atom is 0.215 e. The molecule has 0 saturated heterocycles. The van der Waals surface area contributed by atoms with Gasteiger partial charge in [-0.15, -0.1) is 0 Å². The first-order chi connectivity index (χ1) is 7.76. The quantitative estimate of drug-likeness (QED) is 0.794. The molecule has 1 unspecified atom stereocenters. The van der Waals surface area contributed by atoms with Crippen LogP contribution in [-0.4, -0.2) is 29.6 Å². The highest BCUT2D eigenvalue weighted by Gasteiger charge is 2.03. The van der Waals surface area contributed by atoms with Gasteiger partial charge in [-0.25, -0.2) is 0 Å². The maximum absolute atomic E-state index is 5.35. The standard InChI is InChI=1S/C12H20N2OS/c1-4-15-12-7-5-6-11(14-12)13-10(2)8-9-16-3/h5-7,10H,4,8-9H2,1-3H3,(H,13,14). The van der Waals surface area contributed by atoms with E-state index in [0.29, 0.717) is 18.5 Å². The topological polar surface area (TPSA) is 34.1 Å². The second-order valence-electron chi connectivity index (χ2n) is 3.62. The van der Waals surface area contributed by atoms with E-state index in [-0.39, 0.29) is 0 Å². The molecular formula is C12H20N2OS. The van der Waals surface area contributed by atoms with Crippen molar-refractivity contribution in [1.29, 1.82) is 0 Å². The summed E-state index contributed by atoms with van der Waals surface area (Å²) >= 11 is 1.87. The molecule has 0 spiro atoms. The summed E-state index contributed by atoms with van der Waals surface area (Å²) in [5.41, 5.74) is 0. The molecule has 0 radical (unpaired) electrons. The average Bonchev–Trinajstić information content (AvgIpc) is 2.27. The van der Waals surface area contributed by atoms with Crippen LogP contribution in [0.2, 0.25) is 0 Å². The molecule has 0 amide bonds. The second kappa shape index (κ2) is 7.39. The number of hydrogen-bond acceptors (Lipinski definition) is 4. The Balaban J connectivity index is 2.49. The van der Waals surface area contributed by atoms with Gasteiger partial charge in [0, 0.05) is 12.1 Å². The summed E-state index contributed by atoms with van der Waals surface area (Å²) in [4.78, 5) is 4.37. The van der Waals surface area contributed by atoms with Crippen LogP contribution in [0.25, 0.3) is 0 Å². The van der Waals surface area contributed by atoms with E-state index in [9.17, 15) is 0 Å². The predicted molar refractivity (Wildman–Crippen MR) is 71.5 cm³/mol. The van der Waals surface area contributed by atoms with Crippen molar-refractivity contribution in [3.63, 3.8) is 0 Å². The summed E-state index contributed by atoms with van der Waals surface area (Å²) < 4.78 is 5.35. The molecule has 1 heterocycles. The van der Waals surface area contributed by atoms with Crippen LogP contribution in [0.1, 0.15) is 20.3 Å². The normalized spacial score (nSPS) is 12.2. The minimum Gasteiger partial charge on any atom is -0.478 e. The Labute approximate surface area is 102 Å². The fourth-order valence-electron chi connectivity index (χ4n) is 1.34. The van der Waals surface area contributed by atoms with Crippen molar-refractivity contribution in [1.82, 2.24) is 4.98 Å². The van der Waals surface area contributed by atoms with Gasteiger partial charge in [-0.1, -0.05) is 6.07 Å². The van der Waals surface area contributed by atoms with Crippen LogP contribution in [0.3, 0.4) is 0 Å². The summed E-state index contributed by atoms with van der Waals surface area (Å²) in [6, 6.07) is 6.25. The van der Waals surface area contributed by atoms with Crippen LogP contribution >= 0.6 is 11.8 Å². The number of aromatic nitrogens is 1. The summed E-state index contributed by atoms with van der Waals surface area (Å²) in [5, 5.41) is 3.37. The van der Waals surface area contributed by atoms with Crippen LogP contribution < -0.4 is 10.1 Å². The zero-order valence-corrected chi connectivity index (χ0v) is 11.0. The fourth-order valence-corrected chi connectivity index (χ4v) is 1.93. The Bertz CT molecular complexity index is 307. The summed E-state index contributed by atoms with van der Waals surface area (Å²) in [6.07, 6.45) is 3.27. The van der Waals surface area contributed by atoms with Gasteiger partial charge in [0.15, 0.2) is 0 Å². The Kier molecular flexibility index (Phi) is 6.08. The van der Waals surface area contributed by atoms with Gasteiger partial charge in [0.25, 0.3) is 0 Å². The van der Waals surface area contributed by atoms with Gasteiger partial charge in [-0.3, -0.25) is 0 Å². The molecule has 1 aromatic heterocycles. The Hall–Kier alpha value is -0.900. The lowest BCUT2D eigenvalue weighted by molar-refractivity contribution is 0.327. The third-order valence-electron chi connectivity index (χ3n) is 2.17.